The molecule has 1 rings (SSSR count). The van der Waals surface area contributed by atoms with Gasteiger partial charge in [0.1, 0.15) is 0 Å². The molecule has 0 radical (unpaired) electrons. The molecule has 1 unspecified atom stereocenters. The van der Waals surface area contributed by atoms with Gasteiger partial charge in [-0.1, -0.05) is 6.07 Å². The molecule has 0 amide bonds. The summed E-state index contributed by atoms with van der Waals surface area (Å²) in [6, 6.07) is 3.45. The summed E-state index contributed by atoms with van der Waals surface area (Å²) in [7, 11) is 0. The fourth-order valence-corrected chi connectivity index (χ4v) is 1.01. The Bertz CT molecular complexity index is 289. The van der Waals surface area contributed by atoms with Gasteiger partial charge in [-0.2, -0.15) is 0 Å². The van der Waals surface area contributed by atoms with Gasteiger partial charge in [-0.05, 0) is 6.07 Å². The molecule has 0 spiro atoms. The van der Waals surface area contributed by atoms with E-state index in [0.717, 1.165) is 0 Å². The van der Waals surface area contributed by atoms with Crippen molar-refractivity contribution in [1.29, 1.82) is 0 Å². The number of aliphatic hydroxyl groups is 1. The molecule has 0 aliphatic heterocycles. The van der Waals surface area contributed by atoms with Crippen LogP contribution in [0.3, 0.4) is 0 Å². The van der Waals surface area contributed by atoms with Crippen molar-refractivity contribution in [3.05, 3.63) is 30.1 Å². The molecule has 76 valence electrons. The number of nitrogens with one attached hydrogen (secondary N) is 1. The molecule has 5 heteroatoms. The highest BCUT2D eigenvalue weighted by molar-refractivity contribution is 5.68. The van der Waals surface area contributed by atoms with Crippen LogP contribution < -0.4 is 5.32 Å². The van der Waals surface area contributed by atoms with Gasteiger partial charge in [0.15, 0.2) is 0 Å². The fourth-order valence-electron chi connectivity index (χ4n) is 1.01. The molecular formula is C9H12N2O3. The molecule has 5 nitrogen and oxygen atoms in total. The number of aliphatic hydroxyl groups excluding tert-OH is 1. The maximum absolute atomic E-state index is 10.2. The van der Waals surface area contributed by atoms with Crippen LogP contribution in [0, 0.1) is 0 Å². The highest BCUT2D eigenvalue weighted by Crippen LogP contribution is 2.08. The average Bonchev–Trinajstić information content (AvgIpc) is 2.18. The van der Waals surface area contributed by atoms with E-state index in [0.29, 0.717) is 5.56 Å². The van der Waals surface area contributed by atoms with E-state index in [9.17, 15) is 9.90 Å². The number of pyridine rings is 1. The van der Waals surface area contributed by atoms with Crippen LogP contribution in [-0.2, 0) is 4.79 Å². The third kappa shape index (κ3) is 3.51. The summed E-state index contributed by atoms with van der Waals surface area (Å²) in [4.78, 5) is 14.0. The van der Waals surface area contributed by atoms with E-state index in [2.05, 4.69) is 10.3 Å². The first-order chi connectivity index (χ1) is 6.70. The third-order valence-electron chi connectivity index (χ3n) is 1.68. The fraction of sp³-hybridized carbons (Fsp3) is 0.333. The second-order valence-corrected chi connectivity index (χ2v) is 2.83. The van der Waals surface area contributed by atoms with E-state index in [1.807, 2.05) is 0 Å². The minimum Gasteiger partial charge on any atom is -0.480 e. The zero-order valence-corrected chi connectivity index (χ0v) is 7.55. The lowest BCUT2D eigenvalue weighted by atomic mass is 10.1. The van der Waals surface area contributed by atoms with E-state index in [1.54, 1.807) is 24.5 Å². The normalized spacial score (nSPS) is 12.4. The molecule has 0 aromatic carbocycles. The molecule has 0 bridgehead atoms. The Hall–Kier alpha value is -1.46. The standard InChI is InChI=1S/C9H12N2O3/c12-8(5-11-6-9(13)14)7-2-1-3-10-4-7/h1-4,8,11-12H,5-6H2,(H,13,14). The predicted molar refractivity (Wildman–Crippen MR) is 49.7 cm³/mol. The van der Waals surface area contributed by atoms with Gasteiger partial charge in [0, 0.05) is 24.5 Å². The minimum absolute atomic E-state index is 0.155. The summed E-state index contributed by atoms with van der Waals surface area (Å²) in [5.41, 5.74) is 0.672. The van der Waals surface area contributed by atoms with Crippen LogP contribution in [0.15, 0.2) is 24.5 Å². The molecule has 1 atom stereocenters. The van der Waals surface area contributed by atoms with Crippen molar-refractivity contribution >= 4 is 5.97 Å². The second kappa shape index (κ2) is 5.31. The molecule has 14 heavy (non-hydrogen) atoms. The number of aromatic nitrogens is 1. The average molecular weight is 196 g/mol. The van der Waals surface area contributed by atoms with Crippen molar-refractivity contribution in [2.24, 2.45) is 0 Å². The van der Waals surface area contributed by atoms with Crippen molar-refractivity contribution in [3.63, 3.8) is 0 Å². The van der Waals surface area contributed by atoms with Gasteiger partial charge in [-0.15, -0.1) is 0 Å². The van der Waals surface area contributed by atoms with Gasteiger partial charge >= 0.3 is 5.97 Å². The largest absolute Gasteiger partial charge is 0.480 e. The maximum Gasteiger partial charge on any atom is 0.317 e. The molecule has 3 N–H and O–H groups in total. The summed E-state index contributed by atoms with van der Waals surface area (Å²) < 4.78 is 0. The lowest BCUT2D eigenvalue weighted by molar-refractivity contribution is -0.136. The monoisotopic (exact) mass is 196 g/mol. The topological polar surface area (TPSA) is 82.5 Å². The SMILES string of the molecule is O=C(O)CNCC(O)c1cccnc1. The third-order valence-corrected chi connectivity index (χ3v) is 1.68. The van der Waals surface area contributed by atoms with Crippen LogP contribution in [0.1, 0.15) is 11.7 Å². The number of carbonyl (C=O) groups is 1. The zero-order chi connectivity index (χ0) is 10.4. The van der Waals surface area contributed by atoms with Crippen LogP contribution in [0.5, 0.6) is 0 Å². The van der Waals surface area contributed by atoms with Crippen molar-refractivity contribution in [3.8, 4) is 0 Å². The van der Waals surface area contributed by atoms with Gasteiger partial charge in [0.2, 0.25) is 0 Å². The molecule has 0 saturated heterocycles. The zero-order valence-electron chi connectivity index (χ0n) is 7.55. The van der Waals surface area contributed by atoms with Crippen LogP contribution in [0.25, 0.3) is 0 Å². The molecular weight excluding hydrogens is 184 g/mol. The Labute approximate surface area is 81.4 Å². The first-order valence-corrected chi connectivity index (χ1v) is 4.20. The molecule has 1 aromatic rings. The number of hydrogen-bond acceptors (Lipinski definition) is 4. The summed E-state index contributed by atoms with van der Waals surface area (Å²) in [6.07, 6.45) is 2.44. The van der Waals surface area contributed by atoms with Crippen molar-refractivity contribution in [2.75, 3.05) is 13.1 Å². The second-order valence-electron chi connectivity index (χ2n) is 2.83. The van der Waals surface area contributed by atoms with E-state index >= 15 is 0 Å². The van der Waals surface area contributed by atoms with Crippen LogP contribution in [0.2, 0.25) is 0 Å². The summed E-state index contributed by atoms with van der Waals surface area (Å²) in [6.45, 7) is 0.0509. The van der Waals surface area contributed by atoms with E-state index in [-0.39, 0.29) is 13.1 Å². The smallest absolute Gasteiger partial charge is 0.317 e. The molecule has 0 aliphatic carbocycles. The molecule has 0 fully saturated rings. The summed E-state index contributed by atoms with van der Waals surface area (Å²) >= 11 is 0. The van der Waals surface area contributed by atoms with Gasteiger partial charge in [0.05, 0.1) is 12.6 Å². The van der Waals surface area contributed by atoms with Gasteiger partial charge in [0.25, 0.3) is 0 Å². The lowest BCUT2D eigenvalue weighted by Gasteiger charge is -2.09. The van der Waals surface area contributed by atoms with E-state index < -0.39 is 12.1 Å². The first kappa shape index (κ1) is 10.6. The van der Waals surface area contributed by atoms with Crippen LogP contribution in [0.4, 0.5) is 0 Å². The number of aliphatic carboxylic acids is 1. The number of carboxylic acid groups (broad SMARTS) is 1. The van der Waals surface area contributed by atoms with Crippen LogP contribution in [-0.4, -0.2) is 34.3 Å². The van der Waals surface area contributed by atoms with Gasteiger partial charge < -0.3 is 15.5 Å². The van der Waals surface area contributed by atoms with Gasteiger partial charge in [-0.25, -0.2) is 0 Å². The maximum atomic E-state index is 10.2. The quantitative estimate of drug-likeness (QED) is 0.607. The molecule has 1 heterocycles. The van der Waals surface area contributed by atoms with Crippen molar-refractivity contribution in [1.82, 2.24) is 10.3 Å². The predicted octanol–water partition coefficient (Wildman–Crippen LogP) is -0.211. The Morgan fingerprint density at radius 3 is 3.00 bits per heavy atom. The Balaban J connectivity index is 2.36. The van der Waals surface area contributed by atoms with Crippen molar-refractivity contribution in [2.45, 2.75) is 6.10 Å². The van der Waals surface area contributed by atoms with Crippen LogP contribution >= 0.6 is 0 Å². The number of hydrogen-bond donors (Lipinski definition) is 3. The highest BCUT2D eigenvalue weighted by Gasteiger charge is 2.06. The Morgan fingerprint density at radius 2 is 2.43 bits per heavy atom. The Morgan fingerprint density at radius 1 is 1.64 bits per heavy atom. The highest BCUT2D eigenvalue weighted by atomic mass is 16.4. The van der Waals surface area contributed by atoms with Crippen molar-refractivity contribution < 1.29 is 15.0 Å². The Kier molecular flexibility index (Phi) is 4.03. The molecule has 0 saturated carbocycles. The lowest BCUT2D eigenvalue weighted by Crippen LogP contribution is -2.27. The number of rotatable bonds is 5. The number of nitrogens with zero attached hydrogens (tertiary/aromatic N) is 1. The van der Waals surface area contributed by atoms with Gasteiger partial charge in [-0.3, -0.25) is 9.78 Å². The first-order valence-electron chi connectivity index (χ1n) is 4.20. The summed E-state index contributed by atoms with van der Waals surface area (Å²) in [5, 5.41) is 20.5. The molecule has 1 aromatic heterocycles. The van der Waals surface area contributed by atoms with E-state index in [4.69, 9.17) is 5.11 Å². The minimum atomic E-state index is -0.941. The summed E-state index contributed by atoms with van der Waals surface area (Å²) in [5.74, 6) is -0.941. The number of carboxylic acids is 1. The molecule has 0 aliphatic rings. The van der Waals surface area contributed by atoms with E-state index in [1.165, 1.54) is 0 Å².